The molecule has 5 fully saturated rings. The topological polar surface area (TPSA) is 177 Å². The minimum absolute atomic E-state index is 0.0000991. The van der Waals surface area contributed by atoms with Crippen LogP contribution in [-0.2, 0) is 52.8 Å². The molecule has 5 aliphatic heterocycles. The number of likely N-dealkylation sites (tertiary alicyclic amines) is 2. The number of nitrogens with zero attached hydrogens (tertiary/aromatic N) is 5. The van der Waals surface area contributed by atoms with Gasteiger partial charge in [-0.3, -0.25) is 34.0 Å². The SMILES string of the molecule is CCn1c(-c2cccnc2[C@H](C)OC)c2c3cc(ccc31)-c1cc(cc(C(F)F)c1)C[C@H](NC(=O)C(C1CCCC1)N1CC[C@]3(CCN(C(=O)[C@H]4CN4)C3)C1=O)C(=O)N1CCC[C@H](N1)C(=O)OCC(C)(C)C2. The average Bonchev–Trinajstić information content (AvgIpc) is 3.63. The number of halogens is 2. The zero-order valence-electron chi connectivity index (χ0n) is 42.1. The summed E-state index contributed by atoms with van der Waals surface area (Å²) in [5.74, 6) is -1.83. The van der Waals surface area contributed by atoms with Crippen LogP contribution in [0.15, 0.2) is 54.7 Å². The lowest BCUT2D eigenvalue weighted by molar-refractivity contribution is -0.155. The standard InChI is InChI=1S/C55H68F2N8O7/c1-6-63-44-16-15-35-27-39(44)40(47(63)38-13-9-19-58-45(38)32(2)71-5)28-54(3,4)31-72-52(69)41-14-10-20-65(61-41)51(68)42(25-33-23-36(35)26-37(24-33)48(56)57)60-49(66)46(34-11-7-8-12-34)64-22-18-55(53(64)70)17-21-62(30-55)50(67)43-29-59-43/h9,13,15-16,19,23-24,26-27,32,34,41-43,46,48,59,61H,6-8,10-12,14,17-18,20-22,25,28-31H2,1-5H3,(H,60,66)/t32-,41-,42-,43+,46?,55-/m0/s1. The van der Waals surface area contributed by atoms with E-state index in [-0.39, 0.29) is 55.0 Å². The number of hydrogen-bond donors (Lipinski definition) is 3. The van der Waals surface area contributed by atoms with Crippen molar-refractivity contribution in [3.8, 4) is 22.4 Å². The van der Waals surface area contributed by atoms with Gasteiger partial charge in [0.1, 0.15) is 18.1 Å². The third-order valence-corrected chi connectivity index (χ3v) is 16.3. The van der Waals surface area contributed by atoms with E-state index < -0.39 is 53.2 Å². The quantitative estimate of drug-likeness (QED) is 0.115. The van der Waals surface area contributed by atoms with Gasteiger partial charge in [0.2, 0.25) is 17.7 Å². The maximum absolute atomic E-state index is 15.1. The van der Waals surface area contributed by atoms with Crippen molar-refractivity contribution in [3.05, 3.63) is 77.1 Å². The van der Waals surface area contributed by atoms with E-state index in [0.717, 1.165) is 59.1 Å². The molecule has 1 saturated carbocycles. The van der Waals surface area contributed by atoms with Crippen LogP contribution in [0.4, 0.5) is 8.78 Å². The van der Waals surface area contributed by atoms with Crippen LogP contribution in [0.25, 0.3) is 33.3 Å². The van der Waals surface area contributed by atoms with Crippen LogP contribution in [0.3, 0.4) is 0 Å². The Balaban J connectivity index is 1.05. The van der Waals surface area contributed by atoms with Crippen LogP contribution in [-0.4, -0.2) is 125 Å². The second kappa shape index (κ2) is 19.9. The van der Waals surface area contributed by atoms with Gasteiger partial charge < -0.3 is 34.5 Å². The predicted octanol–water partition coefficient (Wildman–Crippen LogP) is 6.67. The number of methoxy groups -OCH3 is 1. The molecular weight excluding hydrogens is 923 g/mol. The fourth-order valence-corrected chi connectivity index (χ4v) is 12.4. The number of carbonyl (C=O) groups excluding carboxylic acids is 5. The van der Waals surface area contributed by atoms with Crippen molar-refractivity contribution in [2.75, 3.05) is 46.4 Å². The molecule has 2 aromatic heterocycles. The maximum Gasteiger partial charge on any atom is 0.324 e. The smallest absolute Gasteiger partial charge is 0.324 e. The van der Waals surface area contributed by atoms with E-state index in [0.29, 0.717) is 81.5 Å². The number of amides is 4. The lowest BCUT2D eigenvalue weighted by atomic mass is 9.84. The van der Waals surface area contributed by atoms with Gasteiger partial charge in [-0.1, -0.05) is 44.9 Å². The highest BCUT2D eigenvalue weighted by Gasteiger charge is 2.56. The minimum atomic E-state index is -2.84. The van der Waals surface area contributed by atoms with Crippen LogP contribution in [0.2, 0.25) is 0 Å². The summed E-state index contributed by atoms with van der Waals surface area (Å²) in [5, 5.41) is 8.42. The Morgan fingerprint density at radius 1 is 0.986 bits per heavy atom. The number of ether oxygens (including phenoxy) is 2. The molecule has 6 aliphatic rings. The summed E-state index contributed by atoms with van der Waals surface area (Å²) in [5.41, 5.74) is 7.67. The zero-order chi connectivity index (χ0) is 50.6. The van der Waals surface area contributed by atoms with Crippen LogP contribution < -0.4 is 16.1 Å². The van der Waals surface area contributed by atoms with E-state index in [1.807, 2.05) is 57.2 Å². The summed E-state index contributed by atoms with van der Waals surface area (Å²) in [6.07, 6.45) is 4.05. The fraction of sp³-hybridized carbons (Fsp3) is 0.564. The molecule has 0 radical (unpaired) electrons. The summed E-state index contributed by atoms with van der Waals surface area (Å²) in [6.45, 7) is 10.8. The second-order valence-corrected chi connectivity index (χ2v) is 21.9. The number of cyclic esters (lactones) is 1. The molecule has 17 heteroatoms. The van der Waals surface area contributed by atoms with Gasteiger partial charge in [-0.15, -0.1) is 0 Å². The molecule has 384 valence electrons. The molecule has 1 spiro atoms. The maximum atomic E-state index is 15.1. The molecule has 4 aromatic rings. The van der Waals surface area contributed by atoms with Crippen molar-refractivity contribution in [1.82, 2.24) is 40.4 Å². The number of benzene rings is 2. The van der Waals surface area contributed by atoms with Crippen LogP contribution in [0.1, 0.15) is 114 Å². The number of aromatic nitrogens is 2. The normalized spacial score (nSPS) is 25.6. The van der Waals surface area contributed by atoms with Crippen molar-refractivity contribution in [2.45, 2.75) is 135 Å². The molecule has 2 aromatic carbocycles. The van der Waals surface area contributed by atoms with Gasteiger partial charge in [0.25, 0.3) is 12.3 Å². The van der Waals surface area contributed by atoms with Crippen LogP contribution in [0.5, 0.6) is 0 Å². The van der Waals surface area contributed by atoms with Gasteiger partial charge in [-0.2, -0.15) is 0 Å². The number of alkyl halides is 2. The summed E-state index contributed by atoms with van der Waals surface area (Å²) in [7, 11) is 1.65. The summed E-state index contributed by atoms with van der Waals surface area (Å²) >= 11 is 0. The highest BCUT2D eigenvalue weighted by molar-refractivity contribution is 5.97. The first-order chi connectivity index (χ1) is 34.6. The molecule has 10 rings (SSSR count). The lowest BCUT2D eigenvalue weighted by Gasteiger charge is -2.37. The van der Waals surface area contributed by atoms with Crippen molar-refractivity contribution < 1.29 is 42.2 Å². The van der Waals surface area contributed by atoms with E-state index >= 15 is 18.4 Å². The number of carbonyl (C=O) groups is 5. The van der Waals surface area contributed by atoms with Crippen molar-refractivity contribution >= 4 is 40.5 Å². The minimum Gasteiger partial charge on any atom is -0.464 e. The molecular formula is C55H68F2N8O7. The molecule has 1 aliphatic carbocycles. The molecule has 3 N–H and O–H groups in total. The molecule has 15 nitrogen and oxygen atoms in total. The molecule has 6 atom stereocenters. The van der Waals surface area contributed by atoms with E-state index in [2.05, 4.69) is 27.6 Å². The number of aryl methyl sites for hydroxylation is 1. The average molecular weight is 991 g/mol. The summed E-state index contributed by atoms with van der Waals surface area (Å²) < 4.78 is 44.5. The number of hydrogen-bond acceptors (Lipinski definition) is 10. The first-order valence-corrected chi connectivity index (χ1v) is 26.0. The van der Waals surface area contributed by atoms with Crippen molar-refractivity contribution in [1.29, 1.82) is 0 Å². The first-order valence-electron chi connectivity index (χ1n) is 26.0. The Hall–Kier alpha value is -5.78. The van der Waals surface area contributed by atoms with E-state index in [1.165, 1.54) is 17.1 Å². The number of esters is 1. The Kier molecular flexibility index (Phi) is 13.8. The number of fused-ring (bicyclic) bond motifs is 6. The van der Waals surface area contributed by atoms with Gasteiger partial charge in [-0.05, 0) is 117 Å². The predicted molar refractivity (Wildman–Crippen MR) is 266 cm³/mol. The van der Waals surface area contributed by atoms with Crippen LogP contribution >= 0.6 is 0 Å². The number of pyridine rings is 1. The summed E-state index contributed by atoms with van der Waals surface area (Å²) in [4.78, 5) is 80.2. The van der Waals surface area contributed by atoms with Crippen molar-refractivity contribution in [2.24, 2.45) is 16.7 Å². The van der Waals surface area contributed by atoms with Gasteiger partial charge in [0.15, 0.2) is 0 Å². The number of rotatable bonds is 10. The van der Waals surface area contributed by atoms with Crippen molar-refractivity contribution in [3.63, 3.8) is 0 Å². The number of nitrogens with one attached hydrogen (secondary N) is 3. The molecule has 72 heavy (non-hydrogen) atoms. The second-order valence-electron chi connectivity index (χ2n) is 21.9. The Morgan fingerprint density at radius 2 is 1.76 bits per heavy atom. The fourth-order valence-electron chi connectivity index (χ4n) is 12.4. The summed E-state index contributed by atoms with van der Waals surface area (Å²) in [6, 6.07) is 11.4. The Labute approximate surface area is 419 Å². The largest absolute Gasteiger partial charge is 0.464 e. The third-order valence-electron chi connectivity index (χ3n) is 16.3. The molecule has 1 unspecified atom stereocenters. The first kappa shape index (κ1) is 49.8. The van der Waals surface area contributed by atoms with E-state index in [9.17, 15) is 14.4 Å². The van der Waals surface area contributed by atoms with Gasteiger partial charge in [-0.25, -0.2) is 14.2 Å². The number of hydrazine groups is 1. The van der Waals surface area contributed by atoms with Crippen LogP contribution in [0, 0.1) is 16.7 Å². The third kappa shape index (κ3) is 9.52. The van der Waals surface area contributed by atoms with Gasteiger partial charge >= 0.3 is 5.97 Å². The molecule has 4 saturated heterocycles. The molecule has 4 amide bonds. The van der Waals surface area contributed by atoms with E-state index in [1.54, 1.807) is 23.1 Å². The highest BCUT2D eigenvalue weighted by atomic mass is 19.3. The monoisotopic (exact) mass is 991 g/mol. The van der Waals surface area contributed by atoms with Gasteiger partial charge in [0, 0.05) is 86.4 Å². The molecule has 6 bridgehead atoms. The Morgan fingerprint density at radius 3 is 2.50 bits per heavy atom. The highest BCUT2D eigenvalue weighted by Crippen LogP contribution is 2.45. The Bertz CT molecular complexity index is 2770. The molecule has 7 heterocycles. The van der Waals surface area contributed by atoms with Gasteiger partial charge in [0.05, 0.1) is 35.6 Å². The zero-order valence-corrected chi connectivity index (χ0v) is 42.1. The van der Waals surface area contributed by atoms with E-state index in [4.69, 9.17) is 14.5 Å². The lowest BCUT2D eigenvalue weighted by Crippen LogP contribution is -2.62.